The van der Waals surface area contributed by atoms with Crippen molar-refractivity contribution in [1.29, 1.82) is 0 Å². The molecule has 0 aliphatic rings. The van der Waals surface area contributed by atoms with Crippen molar-refractivity contribution in [1.82, 2.24) is 4.90 Å². The third-order valence-corrected chi connectivity index (χ3v) is 4.85. The zero-order valence-electron chi connectivity index (χ0n) is 17.5. The Hall–Kier alpha value is -3.08. The van der Waals surface area contributed by atoms with E-state index < -0.39 is 5.97 Å². The highest BCUT2D eigenvalue weighted by molar-refractivity contribution is 5.95. The van der Waals surface area contributed by atoms with Gasteiger partial charge in [-0.2, -0.15) is 0 Å². The van der Waals surface area contributed by atoms with Crippen molar-refractivity contribution < 1.29 is 19.4 Å². The van der Waals surface area contributed by atoms with E-state index in [1.165, 1.54) is 0 Å². The summed E-state index contributed by atoms with van der Waals surface area (Å²) >= 11 is 0. The molecule has 2 aromatic rings. The first-order chi connectivity index (χ1) is 13.8. The number of carboxylic acid groups (broad SMARTS) is 1. The molecule has 1 N–H and O–H groups in total. The number of hydrogen-bond donors (Lipinski definition) is 1. The average Bonchev–Trinajstić information content (AvgIpc) is 2.70. The zero-order chi connectivity index (χ0) is 21.4. The maximum absolute atomic E-state index is 12.4. The summed E-state index contributed by atoms with van der Waals surface area (Å²) in [5.41, 5.74) is 3.19. The van der Waals surface area contributed by atoms with Crippen LogP contribution in [0.5, 0.6) is 5.75 Å². The summed E-state index contributed by atoms with van der Waals surface area (Å²) in [6.07, 6.45) is 1.23. The number of carbonyl (C=O) groups excluding carboxylic acids is 1. The van der Waals surface area contributed by atoms with E-state index in [1.54, 1.807) is 23.1 Å². The van der Waals surface area contributed by atoms with Crippen molar-refractivity contribution in [2.75, 3.05) is 13.1 Å². The molecule has 0 fully saturated rings. The number of carboxylic acids is 1. The lowest BCUT2D eigenvalue weighted by Crippen LogP contribution is -2.28. The fourth-order valence-electron chi connectivity index (χ4n) is 3.12. The predicted octanol–water partition coefficient (Wildman–Crippen LogP) is 4.73. The van der Waals surface area contributed by atoms with Crippen molar-refractivity contribution in [3.8, 4) is 5.75 Å². The molecule has 1 amide bonds. The van der Waals surface area contributed by atoms with Crippen molar-refractivity contribution >= 4 is 17.4 Å². The first-order valence-electron chi connectivity index (χ1n) is 9.89. The van der Waals surface area contributed by atoms with Crippen LogP contribution in [-0.4, -0.2) is 35.0 Å². The first-order valence-corrected chi connectivity index (χ1v) is 9.89. The zero-order valence-corrected chi connectivity index (χ0v) is 17.5. The van der Waals surface area contributed by atoms with E-state index in [2.05, 4.69) is 0 Å². The number of hydrogen-bond acceptors (Lipinski definition) is 3. The van der Waals surface area contributed by atoms with Crippen molar-refractivity contribution in [2.24, 2.45) is 0 Å². The van der Waals surface area contributed by atoms with Crippen LogP contribution >= 0.6 is 0 Å². The molecule has 5 heteroatoms. The Morgan fingerprint density at radius 2 is 1.76 bits per heavy atom. The molecule has 0 aliphatic carbocycles. The van der Waals surface area contributed by atoms with Gasteiger partial charge < -0.3 is 14.7 Å². The van der Waals surface area contributed by atoms with Crippen LogP contribution in [0.25, 0.3) is 5.57 Å². The lowest BCUT2D eigenvalue weighted by molar-refractivity contribution is -0.136. The summed E-state index contributed by atoms with van der Waals surface area (Å²) in [4.78, 5) is 25.5. The number of ether oxygens (including phenoxy) is 1. The van der Waals surface area contributed by atoms with E-state index >= 15 is 0 Å². The molecule has 0 spiro atoms. The highest BCUT2D eigenvalue weighted by Gasteiger charge is 2.15. The third-order valence-electron chi connectivity index (χ3n) is 4.85. The van der Waals surface area contributed by atoms with Gasteiger partial charge in [-0.1, -0.05) is 36.4 Å². The van der Waals surface area contributed by atoms with Crippen LogP contribution in [-0.2, 0) is 16.0 Å². The molecule has 0 aromatic heterocycles. The second-order valence-corrected chi connectivity index (χ2v) is 6.90. The van der Waals surface area contributed by atoms with Crippen LogP contribution < -0.4 is 4.74 Å². The summed E-state index contributed by atoms with van der Waals surface area (Å²) in [6, 6.07) is 15.2. The van der Waals surface area contributed by atoms with Crippen LogP contribution in [0.15, 0.2) is 54.6 Å². The van der Waals surface area contributed by atoms with Gasteiger partial charge in [-0.15, -0.1) is 0 Å². The number of benzene rings is 2. The van der Waals surface area contributed by atoms with Gasteiger partial charge in [0.05, 0.1) is 6.42 Å². The summed E-state index contributed by atoms with van der Waals surface area (Å²) in [7, 11) is 0. The number of allylic oxidation sites excluding steroid dienone is 1. The van der Waals surface area contributed by atoms with Crippen LogP contribution in [0, 0.1) is 0 Å². The second-order valence-electron chi connectivity index (χ2n) is 6.90. The molecule has 29 heavy (non-hydrogen) atoms. The van der Waals surface area contributed by atoms with Gasteiger partial charge in [0.15, 0.2) is 0 Å². The van der Waals surface area contributed by atoms with E-state index in [0.717, 1.165) is 16.7 Å². The topological polar surface area (TPSA) is 66.8 Å². The lowest BCUT2D eigenvalue weighted by Gasteiger charge is -2.19. The minimum atomic E-state index is -0.930. The molecule has 1 atom stereocenters. The van der Waals surface area contributed by atoms with Crippen molar-refractivity contribution in [3.63, 3.8) is 0 Å². The van der Waals surface area contributed by atoms with Crippen molar-refractivity contribution in [3.05, 3.63) is 71.3 Å². The van der Waals surface area contributed by atoms with Gasteiger partial charge in [0.1, 0.15) is 11.9 Å². The smallest absolute Gasteiger partial charge is 0.307 e. The Kier molecular flexibility index (Phi) is 8.01. The Morgan fingerprint density at radius 1 is 1.10 bits per heavy atom. The SMILES string of the molecule is CCN(CC)C(=O)/C=C(\C)c1ccc(O[C@@H](C)c2ccccc2)c(CC(=O)O)c1. The summed E-state index contributed by atoms with van der Waals surface area (Å²) in [5.74, 6) is -0.444. The fraction of sp³-hybridized carbons (Fsp3) is 0.333. The highest BCUT2D eigenvalue weighted by atomic mass is 16.5. The van der Waals surface area contributed by atoms with E-state index in [0.29, 0.717) is 24.4 Å². The van der Waals surface area contributed by atoms with Gasteiger partial charge in [-0.05, 0) is 56.5 Å². The molecule has 0 saturated heterocycles. The number of carbonyl (C=O) groups is 2. The van der Waals surface area contributed by atoms with E-state index in [1.807, 2.05) is 64.1 Å². The van der Waals surface area contributed by atoms with Gasteiger partial charge in [0.2, 0.25) is 5.91 Å². The Labute approximate surface area is 172 Å². The van der Waals surface area contributed by atoms with Gasteiger partial charge in [-0.25, -0.2) is 0 Å². The normalized spacial score (nSPS) is 12.3. The quantitative estimate of drug-likeness (QED) is 0.624. The molecular weight excluding hydrogens is 366 g/mol. The molecule has 0 unspecified atom stereocenters. The van der Waals surface area contributed by atoms with Gasteiger partial charge >= 0.3 is 5.97 Å². The molecule has 0 radical (unpaired) electrons. The second kappa shape index (κ2) is 10.5. The van der Waals surface area contributed by atoms with E-state index in [4.69, 9.17) is 4.74 Å². The standard InChI is InChI=1S/C24H29NO4/c1-5-25(6-2)23(26)14-17(3)20-12-13-22(21(15-20)16-24(27)28)29-18(4)19-10-8-7-9-11-19/h7-15,18H,5-6,16H2,1-4H3,(H,27,28)/b17-14+/t18-/m0/s1. The molecule has 0 heterocycles. The van der Waals surface area contributed by atoms with E-state index in [-0.39, 0.29) is 18.4 Å². The summed E-state index contributed by atoms with van der Waals surface area (Å²) in [5, 5.41) is 9.32. The Bertz CT molecular complexity index is 870. The molecule has 0 saturated carbocycles. The molecule has 5 nitrogen and oxygen atoms in total. The van der Waals surface area contributed by atoms with Crippen molar-refractivity contribution in [2.45, 2.75) is 40.2 Å². The molecular formula is C24H29NO4. The fourth-order valence-corrected chi connectivity index (χ4v) is 3.12. The van der Waals surface area contributed by atoms with Crippen LogP contribution in [0.4, 0.5) is 0 Å². The van der Waals surface area contributed by atoms with Crippen LogP contribution in [0.1, 0.15) is 50.5 Å². The summed E-state index contributed by atoms with van der Waals surface area (Å²) in [6.45, 7) is 8.96. The summed E-state index contributed by atoms with van der Waals surface area (Å²) < 4.78 is 6.06. The minimum absolute atomic E-state index is 0.0506. The van der Waals surface area contributed by atoms with Crippen LogP contribution in [0.3, 0.4) is 0 Å². The minimum Gasteiger partial charge on any atom is -0.486 e. The predicted molar refractivity (Wildman–Crippen MR) is 115 cm³/mol. The maximum Gasteiger partial charge on any atom is 0.307 e. The molecule has 2 aromatic carbocycles. The molecule has 2 rings (SSSR count). The number of likely N-dealkylation sites (N-methyl/N-ethyl adjacent to an activating group) is 1. The van der Waals surface area contributed by atoms with Gasteiger partial charge in [0.25, 0.3) is 0 Å². The number of amides is 1. The van der Waals surface area contributed by atoms with E-state index in [9.17, 15) is 14.7 Å². The highest BCUT2D eigenvalue weighted by Crippen LogP contribution is 2.29. The molecule has 154 valence electrons. The number of rotatable bonds is 9. The molecule has 0 aliphatic heterocycles. The first kappa shape index (κ1) is 22.2. The molecule has 0 bridgehead atoms. The largest absolute Gasteiger partial charge is 0.486 e. The van der Waals surface area contributed by atoms with Gasteiger partial charge in [0, 0.05) is 24.7 Å². The maximum atomic E-state index is 12.4. The lowest BCUT2D eigenvalue weighted by atomic mass is 10.0. The van der Waals surface area contributed by atoms with Gasteiger partial charge in [-0.3, -0.25) is 9.59 Å². The average molecular weight is 395 g/mol. The monoisotopic (exact) mass is 395 g/mol. The third kappa shape index (κ3) is 6.21. The Balaban J connectivity index is 2.31. The number of nitrogens with zero attached hydrogens (tertiary/aromatic N) is 1. The van der Waals surface area contributed by atoms with Crippen LogP contribution in [0.2, 0.25) is 0 Å². The number of aliphatic carboxylic acids is 1. The Morgan fingerprint density at radius 3 is 2.34 bits per heavy atom.